The number of aliphatic hydroxyl groups is 1. The van der Waals surface area contributed by atoms with Crippen LogP contribution in [0.2, 0.25) is 18.1 Å². The molecule has 0 aliphatic carbocycles. The normalized spacial score (nSPS) is 26.5. The van der Waals surface area contributed by atoms with E-state index in [1.54, 1.807) is 56.7 Å². The van der Waals surface area contributed by atoms with Crippen molar-refractivity contribution < 1.29 is 57.0 Å². The molecule has 2 aromatic carbocycles. The molecule has 2 aliphatic heterocycles. The van der Waals surface area contributed by atoms with Crippen molar-refractivity contribution in [3.05, 3.63) is 84.4 Å². The number of hydrogen-bond acceptors (Lipinski definition) is 12. The van der Waals surface area contributed by atoms with Crippen molar-refractivity contribution >= 4 is 20.3 Å². The molecule has 61 heavy (non-hydrogen) atoms. The van der Waals surface area contributed by atoms with Gasteiger partial charge in [0, 0.05) is 56.8 Å². The highest BCUT2D eigenvalue weighted by atomic mass is 28.4. The second-order valence-corrected chi connectivity index (χ2v) is 23.7. The molecule has 2 fully saturated rings. The Kier molecular flexibility index (Phi) is 18.3. The van der Waals surface area contributed by atoms with Gasteiger partial charge >= 0.3 is 11.9 Å². The summed E-state index contributed by atoms with van der Waals surface area (Å²) in [5, 5.41) is 11.5. The summed E-state index contributed by atoms with van der Waals surface area (Å²) in [6.07, 6.45) is -2.40. The zero-order chi connectivity index (χ0) is 45.2. The molecule has 2 saturated heterocycles. The van der Waals surface area contributed by atoms with Gasteiger partial charge in [0.25, 0.3) is 0 Å². The Morgan fingerprint density at radius 1 is 0.951 bits per heavy atom. The molecule has 0 amide bonds. The summed E-state index contributed by atoms with van der Waals surface area (Å²) in [6, 6.07) is 17.7. The van der Waals surface area contributed by atoms with Crippen LogP contribution in [0.4, 0.5) is 0 Å². The first kappa shape index (κ1) is 50.7. The van der Waals surface area contributed by atoms with Crippen LogP contribution >= 0.6 is 0 Å². The van der Waals surface area contributed by atoms with Crippen molar-refractivity contribution in [2.45, 2.75) is 141 Å². The third-order valence-corrected chi connectivity index (χ3v) is 18.0. The molecule has 1 spiro atoms. The molecular formula is C48H74O12Si. The maximum atomic E-state index is 13.7. The second-order valence-electron chi connectivity index (χ2n) is 18.9. The molecule has 2 aromatic rings. The Bertz CT molecular complexity index is 1670. The summed E-state index contributed by atoms with van der Waals surface area (Å²) >= 11 is 0. The number of esters is 2. The lowest BCUT2D eigenvalue weighted by molar-refractivity contribution is -0.336. The molecule has 11 atom stereocenters. The molecular weight excluding hydrogens is 797 g/mol. The van der Waals surface area contributed by atoms with E-state index in [0.717, 1.165) is 0 Å². The highest BCUT2D eigenvalue weighted by Gasteiger charge is 2.67. The lowest BCUT2D eigenvalue weighted by Crippen LogP contribution is -2.59. The van der Waals surface area contributed by atoms with Crippen molar-refractivity contribution in [3.63, 3.8) is 0 Å². The van der Waals surface area contributed by atoms with Crippen LogP contribution in [0.25, 0.3) is 0 Å². The summed E-state index contributed by atoms with van der Waals surface area (Å²) in [4.78, 5) is 27.4. The molecule has 13 heteroatoms. The topological polar surface area (TPSA) is 137 Å². The molecule has 0 bridgehead atoms. The van der Waals surface area contributed by atoms with Gasteiger partial charge in [-0.25, -0.2) is 9.59 Å². The fourth-order valence-corrected chi connectivity index (χ4v) is 9.08. The fraction of sp³-hybridized carbons (Fsp3) is 0.667. The Labute approximate surface area is 366 Å². The second kappa shape index (κ2) is 22.1. The number of aliphatic hydroxyl groups excluding tert-OH is 1. The Morgan fingerprint density at radius 2 is 1.56 bits per heavy atom. The van der Waals surface area contributed by atoms with Crippen LogP contribution in [0, 0.1) is 23.2 Å². The smallest absolute Gasteiger partial charge is 0.338 e. The molecule has 0 radical (unpaired) electrons. The number of carbonyl (C=O) groups is 2. The summed E-state index contributed by atoms with van der Waals surface area (Å²) in [7, 11) is 1.08. The van der Waals surface area contributed by atoms with E-state index in [1.165, 1.54) is 0 Å². The largest absolute Gasteiger partial charge is 0.458 e. The maximum Gasteiger partial charge on any atom is 0.338 e. The molecule has 2 aliphatic rings. The maximum absolute atomic E-state index is 13.7. The predicted octanol–water partition coefficient (Wildman–Crippen LogP) is 8.63. The van der Waals surface area contributed by atoms with E-state index in [2.05, 4.69) is 40.4 Å². The van der Waals surface area contributed by atoms with E-state index in [0.29, 0.717) is 37.4 Å². The van der Waals surface area contributed by atoms with Gasteiger partial charge in [0.1, 0.15) is 25.1 Å². The van der Waals surface area contributed by atoms with Crippen LogP contribution in [-0.4, -0.2) is 115 Å². The van der Waals surface area contributed by atoms with Gasteiger partial charge in [-0.15, -0.1) is 6.58 Å². The van der Waals surface area contributed by atoms with Gasteiger partial charge in [-0.1, -0.05) is 97.9 Å². The number of methoxy groups -OCH3 is 2. The average Bonchev–Trinajstić information content (AvgIpc) is 3.43. The zero-order valence-electron chi connectivity index (χ0n) is 38.7. The number of hydrogen-bond donors (Lipinski definition) is 1. The van der Waals surface area contributed by atoms with Crippen molar-refractivity contribution in [1.29, 1.82) is 0 Å². The molecule has 4 rings (SSSR count). The van der Waals surface area contributed by atoms with Crippen molar-refractivity contribution in [2.75, 3.05) is 40.8 Å². The van der Waals surface area contributed by atoms with Crippen LogP contribution < -0.4 is 0 Å². The van der Waals surface area contributed by atoms with E-state index in [1.807, 2.05) is 58.9 Å². The quantitative estimate of drug-likeness (QED) is 0.0399. The standard InChI is InChI=1S/C48H74O12Si/c1-14-32(2)41(49)34(4)38(57-44(50)35-21-17-15-18-22-35)29-39(53-11)42-43(55-31-54-28-27-52-10)47(8,9)48(60-42)30-40(58-45(51)36-23-19-16-20-24-36)33(3)37(59-48)25-26-56-61(12,13)46(5,6)7/h14-24,32-34,37-43,49H,1,25-31H2,2-13H3/t32-,33-,34+,37+,38+,39+,40-,41-,42-,43+,48-/m1/s1. The molecule has 0 saturated carbocycles. The number of benzene rings is 2. The molecule has 1 N–H and O–H groups in total. The summed E-state index contributed by atoms with van der Waals surface area (Å²) in [5.74, 6) is -3.34. The first-order valence-electron chi connectivity index (χ1n) is 21.8. The van der Waals surface area contributed by atoms with Crippen molar-refractivity contribution in [3.8, 4) is 0 Å². The van der Waals surface area contributed by atoms with Gasteiger partial charge in [-0.3, -0.25) is 0 Å². The number of carbonyl (C=O) groups excluding carboxylic acids is 2. The average molecular weight is 871 g/mol. The number of rotatable bonds is 22. The van der Waals surface area contributed by atoms with Gasteiger partial charge in [-0.2, -0.15) is 0 Å². The Morgan fingerprint density at radius 3 is 2.11 bits per heavy atom. The minimum atomic E-state index is -2.10. The lowest BCUT2D eigenvalue weighted by Gasteiger charge is -2.51. The summed E-state index contributed by atoms with van der Waals surface area (Å²) in [6.45, 7) is 25.9. The molecule has 342 valence electrons. The zero-order valence-corrected chi connectivity index (χ0v) is 39.7. The molecule has 0 aromatic heterocycles. The van der Waals surface area contributed by atoms with Crippen molar-refractivity contribution in [2.24, 2.45) is 23.2 Å². The van der Waals surface area contributed by atoms with E-state index in [9.17, 15) is 14.7 Å². The Balaban J connectivity index is 1.75. The Hall–Kier alpha value is -2.98. The molecule has 12 nitrogen and oxygen atoms in total. The predicted molar refractivity (Wildman–Crippen MR) is 237 cm³/mol. The van der Waals surface area contributed by atoms with Gasteiger partial charge in [-0.05, 0) is 48.8 Å². The van der Waals surface area contributed by atoms with E-state index in [-0.39, 0.29) is 36.5 Å². The van der Waals surface area contributed by atoms with Crippen LogP contribution in [0.3, 0.4) is 0 Å². The highest BCUT2D eigenvalue weighted by molar-refractivity contribution is 6.74. The van der Waals surface area contributed by atoms with Gasteiger partial charge in [0.05, 0.1) is 48.8 Å². The van der Waals surface area contributed by atoms with Gasteiger partial charge in [0.15, 0.2) is 14.1 Å². The SMILES string of the molecule is C=C[C@@H](C)[C@@H](O)[C@@H](C)[C@H](C[C@H](OC)[C@H]1O[C@]2(C[C@@H](OC(=O)c3ccccc3)[C@H](C)[C@H](CCO[Si](C)(C)C(C)(C)C)O2)C(C)(C)[C@H]1OCOCCOC)OC(=O)c1ccccc1. The van der Waals surface area contributed by atoms with E-state index < -0.39 is 80.1 Å². The third-order valence-electron chi connectivity index (χ3n) is 13.4. The third kappa shape index (κ3) is 12.4. The minimum Gasteiger partial charge on any atom is -0.458 e. The van der Waals surface area contributed by atoms with E-state index >= 15 is 0 Å². The fourth-order valence-electron chi connectivity index (χ4n) is 8.02. The molecule has 2 heterocycles. The van der Waals surface area contributed by atoms with E-state index in [4.69, 9.17) is 42.3 Å². The number of ether oxygens (including phenoxy) is 8. The van der Waals surface area contributed by atoms with Gasteiger partial charge < -0.3 is 47.4 Å². The van der Waals surface area contributed by atoms with Crippen LogP contribution in [-0.2, 0) is 42.3 Å². The van der Waals surface area contributed by atoms with Crippen molar-refractivity contribution in [1.82, 2.24) is 0 Å². The molecule has 0 unspecified atom stereocenters. The summed E-state index contributed by atoms with van der Waals surface area (Å²) in [5.41, 5.74) is -0.0612. The highest BCUT2D eigenvalue weighted by Crippen LogP contribution is 2.56. The first-order chi connectivity index (χ1) is 28.7. The van der Waals surface area contributed by atoms with Crippen LogP contribution in [0.15, 0.2) is 73.3 Å². The van der Waals surface area contributed by atoms with Crippen LogP contribution in [0.1, 0.15) is 95.4 Å². The lowest BCUT2D eigenvalue weighted by atomic mass is 9.72. The van der Waals surface area contributed by atoms with Gasteiger partial charge in [0.2, 0.25) is 0 Å². The summed E-state index contributed by atoms with van der Waals surface area (Å²) < 4.78 is 57.7. The van der Waals surface area contributed by atoms with Crippen LogP contribution in [0.5, 0.6) is 0 Å². The first-order valence-corrected chi connectivity index (χ1v) is 24.7. The monoisotopic (exact) mass is 870 g/mol. The minimum absolute atomic E-state index is 0.0143.